The number of aromatic nitrogens is 2. The number of benzene rings is 4. The Morgan fingerprint density at radius 2 is 1.49 bits per heavy atom. The summed E-state index contributed by atoms with van der Waals surface area (Å²) in [6.07, 6.45) is 2.23. The van der Waals surface area contributed by atoms with E-state index in [1.54, 1.807) is 54.7 Å². The van der Waals surface area contributed by atoms with Crippen molar-refractivity contribution in [2.45, 2.75) is 13.3 Å². The molecule has 0 spiro atoms. The smallest absolute Gasteiger partial charge is 0.125 e. The number of phenols is 1. The van der Waals surface area contributed by atoms with Crippen molar-refractivity contribution in [1.29, 1.82) is 0 Å². The number of rotatable bonds is 6. The molecule has 0 unspecified atom stereocenters. The predicted molar refractivity (Wildman–Crippen MR) is 158 cm³/mol. The summed E-state index contributed by atoms with van der Waals surface area (Å²) < 4.78 is 37.8. The summed E-state index contributed by atoms with van der Waals surface area (Å²) in [5, 5.41) is 10.9. The first kappa shape index (κ1) is 24.4. The molecule has 204 valence electrons. The number of nitrogens with zero attached hydrogens (tertiary/aromatic N) is 2. The predicted octanol–water partition coefficient (Wildman–Crippen LogP) is 8.69. The van der Waals surface area contributed by atoms with Gasteiger partial charge in [0.05, 0.1) is 5.69 Å². The van der Waals surface area contributed by atoms with Crippen LogP contribution in [0.5, 0.6) is 5.75 Å². The molecule has 0 fully saturated rings. The van der Waals surface area contributed by atoms with Gasteiger partial charge in [0.1, 0.15) is 11.6 Å². The van der Waals surface area contributed by atoms with Crippen molar-refractivity contribution in [1.82, 2.24) is 9.97 Å². The number of hydrogen-bond donors (Lipinski definition) is 1. The van der Waals surface area contributed by atoms with E-state index < -0.39 is 6.85 Å². The fourth-order valence-electron chi connectivity index (χ4n) is 4.78. The van der Waals surface area contributed by atoms with Crippen LogP contribution >= 0.6 is 0 Å². The summed E-state index contributed by atoms with van der Waals surface area (Å²) in [6.45, 7) is -2.36. The topological polar surface area (TPSA) is 46.0 Å². The number of halogens is 1. The van der Waals surface area contributed by atoms with Crippen LogP contribution in [0.1, 0.15) is 20.8 Å². The van der Waals surface area contributed by atoms with Crippen LogP contribution < -0.4 is 0 Å². The molecule has 0 aliphatic heterocycles. The van der Waals surface area contributed by atoms with Crippen molar-refractivity contribution in [3.63, 3.8) is 0 Å². The number of hydrogen-bond acceptors (Lipinski definition) is 3. The molecule has 4 aromatic carbocycles. The molecule has 41 heavy (non-hydrogen) atoms. The van der Waals surface area contributed by atoms with Gasteiger partial charge in [-0.05, 0) is 52.9 Å². The van der Waals surface area contributed by atoms with Gasteiger partial charge in [-0.3, -0.25) is 9.97 Å². The Morgan fingerprint density at radius 1 is 0.756 bits per heavy atom. The van der Waals surface area contributed by atoms with E-state index in [2.05, 4.69) is 11.1 Å². The normalized spacial score (nSPS) is 12.1. The zero-order chi connectivity index (χ0) is 30.0. The minimum atomic E-state index is -2.36. The third kappa shape index (κ3) is 6.34. The molecule has 1 N–H and O–H groups in total. The summed E-state index contributed by atoms with van der Waals surface area (Å²) in [6, 6.07) is 37.1. The Morgan fingerprint density at radius 3 is 2.22 bits per heavy atom. The van der Waals surface area contributed by atoms with E-state index in [1.807, 2.05) is 54.6 Å². The Kier molecular flexibility index (Phi) is 7.39. The quantitative estimate of drug-likeness (QED) is 0.175. The summed E-state index contributed by atoms with van der Waals surface area (Å²) >= 11 is 0. The fourth-order valence-corrected chi connectivity index (χ4v) is 4.78. The molecule has 0 amide bonds. The first-order chi connectivity index (χ1) is 20.7. The molecule has 2 aromatic heterocycles. The maximum atomic E-state index is 13.5. The molecule has 6 rings (SSSR count). The standard InChI is InChI=1S/C36H26FN2O.Pt/c1-24-19-29(32-18-15-28(23-38-32)26-7-3-2-4-8-26)22-30(20-24)33-10-6-11-34(39-33)36-27(9-5-12-35(36)40)21-25-13-16-31(37)17-14-25;/h2-20,23,40H,21H2,1H3;/q-1;/i1D3;. The molecular formula is C36H26FN2OPt-. The van der Waals surface area contributed by atoms with Crippen LogP contribution in [0.15, 0.2) is 121 Å². The summed E-state index contributed by atoms with van der Waals surface area (Å²) in [5.74, 6) is -0.251. The van der Waals surface area contributed by atoms with Crippen molar-refractivity contribution < 1.29 is 34.7 Å². The summed E-state index contributed by atoms with van der Waals surface area (Å²) in [7, 11) is 0. The Balaban J connectivity index is 0.00000384. The van der Waals surface area contributed by atoms with Crippen LogP contribution in [-0.4, -0.2) is 15.1 Å². The molecular weight excluding hydrogens is 690 g/mol. The van der Waals surface area contributed by atoms with E-state index in [4.69, 9.17) is 9.10 Å². The molecule has 0 saturated carbocycles. The SMILES string of the molecule is [2H]C([2H])([2H])c1cc(-c2ccc(-c3ccccc3)cn2)[c-]c(-c2cccc(-c3c(O)cccc3Cc3ccc(F)cc3)n2)c1.[Pt]. The Labute approximate surface area is 257 Å². The monoisotopic (exact) mass is 719 g/mol. The first-order valence-corrected chi connectivity index (χ1v) is 12.9. The van der Waals surface area contributed by atoms with Crippen molar-refractivity contribution >= 4 is 0 Å². The minimum absolute atomic E-state index is 0. The largest absolute Gasteiger partial charge is 0.507 e. The van der Waals surface area contributed by atoms with E-state index in [-0.39, 0.29) is 38.2 Å². The van der Waals surface area contributed by atoms with Crippen LogP contribution in [-0.2, 0) is 27.5 Å². The van der Waals surface area contributed by atoms with E-state index in [1.165, 1.54) is 12.1 Å². The molecule has 0 aliphatic carbocycles. The summed E-state index contributed by atoms with van der Waals surface area (Å²) in [4.78, 5) is 9.47. The molecule has 3 nitrogen and oxygen atoms in total. The molecule has 0 saturated heterocycles. The van der Waals surface area contributed by atoms with Crippen LogP contribution in [0, 0.1) is 18.7 Å². The van der Waals surface area contributed by atoms with Crippen LogP contribution in [0.3, 0.4) is 0 Å². The Hall–Kier alpha value is -4.40. The van der Waals surface area contributed by atoms with E-state index in [9.17, 15) is 9.50 Å². The van der Waals surface area contributed by atoms with Gasteiger partial charge in [-0.2, -0.15) is 0 Å². The van der Waals surface area contributed by atoms with Crippen molar-refractivity contribution in [2.24, 2.45) is 0 Å². The minimum Gasteiger partial charge on any atom is -0.507 e. The second kappa shape index (κ2) is 12.4. The number of aromatic hydroxyl groups is 1. The fraction of sp³-hybridized carbons (Fsp3) is 0.0556. The average molecular weight is 720 g/mol. The maximum absolute atomic E-state index is 13.5. The average Bonchev–Trinajstić information content (AvgIpc) is 3.02. The molecule has 5 heteroatoms. The number of phenolic OH excluding ortho intramolecular Hbond substituents is 1. The third-order valence-corrected chi connectivity index (χ3v) is 6.73. The van der Waals surface area contributed by atoms with Crippen molar-refractivity contribution in [3.05, 3.63) is 150 Å². The van der Waals surface area contributed by atoms with Gasteiger partial charge in [-0.15, -0.1) is 23.8 Å². The van der Waals surface area contributed by atoms with E-state index in [0.29, 0.717) is 40.2 Å². The van der Waals surface area contributed by atoms with Crippen LogP contribution in [0.4, 0.5) is 4.39 Å². The van der Waals surface area contributed by atoms with Gasteiger partial charge >= 0.3 is 0 Å². The van der Waals surface area contributed by atoms with Gasteiger partial charge in [0, 0.05) is 48.3 Å². The van der Waals surface area contributed by atoms with Gasteiger partial charge in [0.15, 0.2) is 0 Å². The molecule has 0 aliphatic rings. The number of aryl methyl sites for hydroxylation is 1. The maximum Gasteiger partial charge on any atom is 0.125 e. The van der Waals surface area contributed by atoms with Gasteiger partial charge in [-0.1, -0.05) is 96.8 Å². The third-order valence-electron chi connectivity index (χ3n) is 6.73. The molecule has 0 bridgehead atoms. The van der Waals surface area contributed by atoms with Crippen molar-refractivity contribution in [3.8, 4) is 50.6 Å². The van der Waals surface area contributed by atoms with E-state index >= 15 is 0 Å². The van der Waals surface area contributed by atoms with Crippen LogP contribution in [0.2, 0.25) is 0 Å². The zero-order valence-corrected chi connectivity index (χ0v) is 24.1. The second-order valence-electron chi connectivity index (χ2n) is 9.52. The molecule has 0 radical (unpaired) electrons. The second-order valence-corrected chi connectivity index (χ2v) is 9.52. The van der Waals surface area contributed by atoms with Crippen molar-refractivity contribution in [2.75, 3.05) is 0 Å². The zero-order valence-electron chi connectivity index (χ0n) is 24.8. The van der Waals surface area contributed by atoms with E-state index in [0.717, 1.165) is 22.3 Å². The van der Waals surface area contributed by atoms with Gasteiger partial charge < -0.3 is 5.11 Å². The van der Waals surface area contributed by atoms with Crippen LogP contribution in [0.25, 0.3) is 44.9 Å². The first-order valence-electron chi connectivity index (χ1n) is 14.4. The summed E-state index contributed by atoms with van der Waals surface area (Å²) in [5.41, 5.74) is 7.04. The van der Waals surface area contributed by atoms with Gasteiger partial charge in [0.2, 0.25) is 0 Å². The molecule has 2 heterocycles. The number of pyridine rings is 2. The van der Waals surface area contributed by atoms with Gasteiger partial charge in [0.25, 0.3) is 0 Å². The molecule has 0 atom stereocenters. The van der Waals surface area contributed by atoms with Gasteiger partial charge in [-0.25, -0.2) is 4.39 Å². The molecule has 6 aromatic rings. The Bertz CT molecular complexity index is 1900.